The summed E-state index contributed by atoms with van der Waals surface area (Å²) >= 11 is 0. The Morgan fingerprint density at radius 1 is 0.362 bits per heavy atom. The van der Waals surface area contributed by atoms with Gasteiger partial charge in [0.25, 0.3) is 0 Å². The molecule has 58 heavy (non-hydrogen) atoms. The van der Waals surface area contributed by atoms with Crippen LogP contribution in [0.15, 0.2) is 192 Å². The topological polar surface area (TPSA) is 51.8 Å². The molecule has 4 heteroatoms. The van der Waals surface area contributed by atoms with Gasteiger partial charge >= 0.3 is 0 Å². The minimum absolute atomic E-state index is 0.257. The lowest BCUT2D eigenvalue weighted by Gasteiger charge is -2.24. The van der Waals surface area contributed by atoms with Crippen molar-refractivity contribution in [2.24, 2.45) is 0 Å². The summed E-state index contributed by atoms with van der Waals surface area (Å²) in [7, 11) is 0. The molecular formula is C54H37N3O. The molecule has 11 rings (SSSR count). The third-order valence-electron chi connectivity index (χ3n) is 11.7. The van der Waals surface area contributed by atoms with Crippen molar-refractivity contribution >= 4 is 21.9 Å². The van der Waals surface area contributed by atoms with Crippen molar-refractivity contribution in [3.63, 3.8) is 0 Å². The third-order valence-corrected chi connectivity index (χ3v) is 11.7. The summed E-state index contributed by atoms with van der Waals surface area (Å²) in [4.78, 5) is 16.0. The second-order valence-electron chi connectivity index (χ2n) is 15.6. The molecule has 1 aliphatic carbocycles. The zero-order chi connectivity index (χ0) is 38.8. The Hall–Kier alpha value is -7.43. The van der Waals surface area contributed by atoms with Crippen LogP contribution in [0.4, 0.5) is 0 Å². The predicted octanol–water partition coefficient (Wildman–Crippen LogP) is 14.1. The zero-order valence-corrected chi connectivity index (χ0v) is 32.1. The molecule has 0 bridgehead atoms. The molecule has 1 aliphatic rings. The largest absolute Gasteiger partial charge is 0.456 e. The number of rotatable bonds is 6. The first-order chi connectivity index (χ1) is 28.5. The van der Waals surface area contributed by atoms with Gasteiger partial charge in [-0.15, -0.1) is 0 Å². The summed E-state index contributed by atoms with van der Waals surface area (Å²) in [6.45, 7) is 4.61. The van der Waals surface area contributed by atoms with Crippen molar-refractivity contribution in [1.82, 2.24) is 15.0 Å². The van der Waals surface area contributed by atoms with Crippen LogP contribution < -0.4 is 0 Å². The van der Waals surface area contributed by atoms with E-state index >= 15 is 0 Å². The van der Waals surface area contributed by atoms with Gasteiger partial charge in [-0.1, -0.05) is 166 Å². The Balaban J connectivity index is 1.15. The predicted molar refractivity (Wildman–Crippen MR) is 237 cm³/mol. The van der Waals surface area contributed by atoms with Crippen LogP contribution in [0.1, 0.15) is 25.0 Å². The fourth-order valence-corrected chi connectivity index (χ4v) is 8.96. The summed E-state index contributed by atoms with van der Waals surface area (Å²) in [6, 6.07) is 66.0. The highest BCUT2D eigenvalue weighted by molar-refractivity contribution is 6.13. The third kappa shape index (κ3) is 5.56. The minimum atomic E-state index is -0.257. The smallest absolute Gasteiger partial charge is 0.164 e. The molecule has 4 nitrogen and oxygen atoms in total. The van der Waals surface area contributed by atoms with Gasteiger partial charge in [0.1, 0.15) is 11.2 Å². The van der Waals surface area contributed by atoms with Crippen LogP contribution in [-0.2, 0) is 5.41 Å². The fourth-order valence-electron chi connectivity index (χ4n) is 8.96. The van der Waals surface area contributed by atoms with E-state index in [-0.39, 0.29) is 5.41 Å². The molecule has 2 aromatic heterocycles. The number of furan rings is 1. The molecule has 0 radical (unpaired) electrons. The van der Waals surface area contributed by atoms with Gasteiger partial charge in [-0.25, -0.2) is 15.0 Å². The van der Waals surface area contributed by atoms with E-state index in [9.17, 15) is 0 Å². The quantitative estimate of drug-likeness (QED) is 0.170. The van der Waals surface area contributed by atoms with Crippen LogP contribution in [0.2, 0.25) is 0 Å². The molecule has 0 aliphatic heterocycles. The Morgan fingerprint density at radius 2 is 0.897 bits per heavy atom. The highest BCUT2D eigenvalue weighted by atomic mass is 16.3. The standard InChI is InChI=1S/C54H37N3O/c1-54(2)46-26-13-12-22-42(46)43-24-14-25-45(50(43)54)53-56-51(37-28-29-44-48(33-37)58-47-27-15-23-41(49(44)47)36-20-10-5-11-21-36)55-52(57-53)40-31-38(34-16-6-3-7-17-34)30-39(32-40)35-18-8-4-9-19-35/h3-33H,1-2H3. The number of fused-ring (bicyclic) bond motifs is 6. The Bertz CT molecular complexity index is 3130. The average molecular weight is 744 g/mol. The minimum Gasteiger partial charge on any atom is -0.456 e. The van der Waals surface area contributed by atoms with Crippen LogP contribution in [0.5, 0.6) is 0 Å². The lowest BCUT2D eigenvalue weighted by atomic mass is 9.80. The number of nitrogens with zero attached hydrogens (tertiary/aromatic N) is 3. The molecule has 2 heterocycles. The number of aromatic nitrogens is 3. The monoisotopic (exact) mass is 743 g/mol. The van der Waals surface area contributed by atoms with E-state index in [0.717, 1.165) is 72.0 Å². The molecule has 0 amide bonds. The van der Waals surface area contributed by atoms with Crippen LogP contribution in [0.25, 0.3) is 101 Å². The van der Waals surface area contributed by atoms with Gasteiger partial charge in [0.05, 0.1) is 0 Å². The van der Waals surface area contributed by atoms with Crippen LogP contribution >= 0.6 is 0 Å². The second kappa shape index (κ2) is 13.4. The second-order valence-corrected chi connectivity index (χ2v) is 15.6. The number of benzene rings is 8. The molecule has 0 atom stereocenters. The maximum atomic E-state index is 6.59. The number of hydrogen-bond donors (Lipinski definition) is 0. The molecule has 0 saturated carbocycles. The normalized spacial score (nSPS) is 12.8. The van der Waals surface area contributed by atoms with Crippen LogP contribution in [0, 0.1) is 0 Å². The Labute approximate surface area is 337 Å². The lowest BCUT2D eigenvalue weighted by Crippen LogP contribution is -2.17. The van der Waals surface area contributed by atoms with E-state index in [4.69, 9.17) is 19.4 Å². The van der Waals surface area contributed by atoms with Crippen molar-refractivity contribution in [2.45, 2.75) is 19.3 Å². The summed E-state index contributed by atoms with van der Waals surface area (Å²) in [6.07, 6.45) is 0. The molecule has 8 aromatic carbocycles. The first-order valence-corrected chi connectivity index (χ1v) is 19.8. The lowest BCUT2D eigenvalue weighted by molar-refractivity contribution is 0.661. The van der Waals surface area contributed by atoms with E-state index in [2.05, 4.69) is 190 Å². The molecule has 10 aromatic rings. The molecule has 274 valence electrons. The summed E-state index contributed by atoms with van der Waals surface area (Å²) < 4.78 is 6.59. The van der Waals surface area contributed by atoms with Gasteiger partial charge in [-0.2, -0.15) is 0 Å². The van der Waals surface area contributed by atoms with Crippen LogP contribution in [0.3, 0.4) is 0 Å². The van der Waals surface area contributed by atoms with Gasteiger partial charge in [0.15, 0.2) is 17.5 Å². The van der Waals surface area contributed by atoms with Crippen LogP contribution in [-0.4, -0.2) is 15.0 Å². The summed E-state index contributed by atoms with van der Waals surface area (Å²) in [5.41, 5.74) is 15.9. The van der Waals surface area contributed by atoms with Gasteiger partial charge in [0.2, 0.25) is 0 Å². The molecule has 0 saturated heterocycles. The van der Waals surface area contributed by atoms with E-state index < -0.39 is 0 Å². The van der Waals surface area contributed by atoms with Gasteiger partial charge in [0, 0.05) is 32.9 Å². The SMILES string of the molecule is CC1(C)c2ccccc2-c2cccc(-c3nc(-c4cc(-c5ccccc5)cc(-c5ccccc5)c4)nc(-c4ccc5c(c4)oc4cccc(-c6ccccc6)c45)n3)c21. The van der Waals surface area contributed by atoms with Gasteiger partial charge in [-0.05, 0) is 92.0 Å². The first-order valence-electron chi connectivity index (χ1n) is 19.8. The van der Waals surface area contributed by atoms with Crippen molar-refractivity contribution in [2.75, 3.05) is 0 Å². The fraction of sp³-hybridized carbons (Fsp3) is 0.0556. The average Bonchev–Trinajstić information content (AvgIpc) is 3.78. The molecule has 0 N–H and O–H groups in total. The Morgan fingerprint density at radius 3 is 1.60 bits per heavy atom. The van der Waals surface area contributed by atoms with E-state index in [1.54, 1.807) is 0 Å². The number of hydrogen-bond acceptors (Lipinski definition) is 4. The van der Waals surface area contributed by atoms with Crippen molar-refractivity contribution in [3.8, 4) is 78.7 Å². The summed E-state index contributed by atoms with van der Waals surface area (Å²) in [5, 5.41) is 2.15. The molecule has 0 unspecified atom stereocenters. The van der Waals surface area contributed by atoms with Gasteiger partial charge < -0.3 is 4.42 Å². The van der Waals surface area contributed by atoms with E-state index in [1.807, 2.05) is 12.1 Å². The summed E-state index contributed by atoms with van der Waals surface area (Å²) in [5.74, 6) is 1.83. The van der Waals surface area contributed by atoms with Crippen molar-refractivity contribution in [1.29, 1.82) is 0 Å². The highest BCUT2D eigenvalue weighted by Crippen LogP contribution is 2.52. The molecule has 0 fully saturated rings. The maximum Gasteiger partial charge on any atom is 0.164 e. The Kier molecular flexibility index (Phi) is 7.80. The zero-order valence-electron chi connectivity index (χ0n) is 32.1. The van der Waals surface area contributed by atoms with Crippen molar-refractivity contribution in [3.05, 3.63) is 199 Å². The first kappa shape index (κ1) is 33.9. The maximum absolute atomic E-state index is 6.59. The molecule has 0 spiro atoms. The molecular weight excluding hydrogens is 707 g/mol. The van der Waals surface area contributed by atoms with Gasteiger partial charge in [-0.3, -0.25) is 0 Å². The van der Waals surface area contributed by atoms with E-state index in [0.29, 0.717) is 17.5 Å². The van der Waals surface area contributed by atoms with Crippen molar-refractivity contribution < 1.29 is 4.42 Å². The van der Waals surface area contributed by atoms with E-state index in [1.165, 1.54) is 22.3 Å². The highest BCUT2D eigenvalue weighted by Gasteiger charge is 2.38.